The van der Waals surface area contributed by atoms with Crippen LogP contribution in [0.2, 0.25) is 0 Å². The zero-order valence-electron chi connectivity index (χ0n) is 13.2. The highest BCUT2D eigenvalue weighted by molar-refractivity contribution is 14.0. The summed E-state index contributed by atoms with van der Waals surface area (Å²) in [6.07, 6.45) is 3.40. The number of nitrogens with zero attached hydrogens (tertiary/aromatic N) is 1. The molecule has 0 aromatic rings. The van der Waals surface area contributed by atoms with Crippen molar-refractivity contribution in [3.63, 3.8) is 0 Å². The summed E-state index contributed by atoms with van der Waals surface area (Å²) in [4.78, 5) is 4.15. The molecular formula is C14H30IN3O3. The highest BCUT2D eigenvalue weighted by Gasteiger charge is 2.13. The van der Waals surface area contributed by atoms with Crippen LogP contribution in [0.5, 0.6) is 0 Å². The van der Waals surface area contributed by atoms with Crippen LogP contribution < -0.4 is 10.6 Å². The molecule has 0 aliphatic carbocycles. The van der Waals surface area contributed by atoms with E-state index in [2.05, 4.69) is 15.6 Å². The molecule has 126 valence electrons. The molecule has 1 rings (SSSR count). The number of rotatable bonds is 9. The van der Waals surface area contributed by atoms with Crippen molar-refractivity contribution < 1.29 is 14.2 Å². The number of nitrogens with one attached hydrogen (secondary N) is 2. The van der Waals surface area contributed by atoms with E-state index in [0.29, 0.717) is 12.7 Å². The topological polar surface area (TPSA) is 64.1 Å². The Morgan fingerprint density at radius 3 is 2.57 bits per heavy atom. The molecule has 0 aromatic heterocycles. The average molecular weight is 415 g/mol. The van der Waals surface area contributed by atoms with Gasteiger partial charge in [0.2, 0.25) is 0 Å². The molecule has 0 spiro atoms. The van der Waals surface area contributed by atoms with Crippen LogP contribution >= 0.6 is 24.0 Å². The van der Waals surface area contributed by atoms with Crippen molar-refractivity contribution in [1.29, 1.82) is 0 Å². The first kappa shape index (κ1) is 20.9. The van der Waals surface area contributed by atoms with Gasteiger partial charge in [0.15, 0.2) is 5.96 Å². The van der Waals surface area contributed by atoms with Gasteiger partial charge in [0.1, 0.15) is 0 Å². The van der Waals surface area contributed by atoms with E-state index < -0.39 is 0 Å². The second-order valence-corrected chi connectivity index (χ2v) is 4.66. The van der Waals surface area contributed by atoms with Crippen LogP contribution in [0.4, 0.5) is 0 Å². The summed E-state index contributed by atoms with van der Waals surface area (Å²) in [5.41, 5.74) is 0. The monoisotopic (exact) mass is 415 g/mol. The Morgan fingerprint density at radius 1 is 1.19 bits per heavy atom. The Labute approximate surface area is 145 Å². The number of ether oxygens (including phenoxy) is 3. The van der Waals surface area contributed by atoms with Gasteiger partial charge in [-0.1, -0.05) is 0 Å². The quantitative estimate of drug-likeness (QED) is 0.258. The van der Waals surface area contributed by atoms with Gasteiger partial charge in [-0.15, -0.1) is 24.0 Å². The van der Waals surface area contributed by atoms with Gasteiger partial charge in [0.25, 0.3) is 0 Å². The summed E-state index contributed by atoms with van der Waals surface area (Å²) in [6.45, 7) is 7.52. The molecule has 1 fully saturated rings. The van der Waals surface area contributed by atoms with Crippen LogP contribution in [0.15, 0.2) is 4.99 Å². The molecule has 2 N–H and O–H groups in total. The van der Waals surface area contributed by atoms with Gasteiger partial charge in [-0.25, -0.2) is 0 Å². The van der Waals surface area contributed by atoms with E-state index in [0.717, 1.165) is 64.7 Å². The maximum Gasteiger partial charge on any atom is 0.191 e. The molecule has 0 unspecified atom stereocenters. The van der Waals surface area contributed by atoms with E-state index in [1.807, 2.05) is 6.92 Å². The Balaban J connectivity index is 0.00000400. The lowest BCUT2D eigenvalue weighted by atomic mass is 10.1. The Hall–Kier alpha value is -0.120. The molecular weight excluding hydrogens is 385 g/mol. The first-order chi connectivity index (χ1) is 9.86. The normalized spacial score (nSPS) is 16.4. The summed E-state index contributed by atoms with van der Waals surface area (Å²) in [7, 11) is 1.77. The predicted octanol–water partition coefficient (Wildman–Crippen LogP) is 1.39. The maximum atomic E-state index is 5.81. The molecule has 1 saturated heterocycles. The highest BCUT2D eigenvalue weighted by Crippen LogP contribution is 2.10. The van der Waals surface area contributed by atoms with Crippen LogP contribution in [-0.4, -0.2) is 65.2 Å². The van der Waals surface area contributed by atoms with Crippen molar-refractivity contribution in [2.75, 3.05) is 53.2 Å². The van der Waals surface area contributed by atoms with Crippen molar-refractivity contribution in [3.05, 3.63) is 0 Å². The molecule has 1 aliphatic heterocycles. The molecule has 21 heavy (non-hydrogen) atoms. The van der Waals surface area contributed by atoms with Gasteiger partial charge in [0.05, 0.1) is 12.7 Å². The molecule has 0 saturated carbocycles. The second kappa shape index (κ2) is 14.8. The second-order valence-electron chi connectivity index (χ2n) is 4.66. The van der Waals surface area contributed by atoms with E-state index in [-0.39, 0.29) is 24.0 Å². The van der Waals surface area contributed by atoms with Gasteiger partial charge in [-0.2, -0.15) is 0 Å². The molecule has 6 nitrogen and oxygen atoms in total. The van der Waals surface area contributed by atoms with Gasteiger partial charge in [-0.3, -0.25) is 4.99 Å². The minimum Gasteiger partial charge on any atom is -0.381 e. The first-order valence-corrected chi connectivity index (χ1v) is 7.58. The number of hydrogen-bond donors (Lipinski definition) is 2. The van der Waals surface area contributed by atoms with Gasteiger partial charge < -0.3 is 24.8 Å². The Kier molecular flexibility index (Phi) is 14.7. The SMILES string of the molecule is CCOCCNC(=NC)NCCCOC1CCOCC1.I. The zero-order chi connectivity index (χ0) is 14.5. The van der Waals surface area contributed by atoms with Crippen molar-refractivity contribution in [2.45, 2.75) is 32.3 Å². The summed E-state index contributed by atoms with van der Waals surface area (Å²) < 4.78 is 16.4. The van der Waals surface area contributed by atoms with Crippen LogP contribution in [0.25, 0.3) is 0 Å². The summed E-state index contributed by atoms with van der Waals surface area (Å²) in [5, 5.41) is 6.46. The van der Waals surface area contributed by atoms with Crippen LogP contribution in [0.3, 0.4) is 0 Å². The van der Waals surface area contributed by atoms with E-state index >= 15 is 0 Å². The Bertz CT molecular complexity index is 262. The third kappa shape index (κ3) is 11.1. The smallest absolute Gasteiger partial charge is 0.191 e. The van der Waals surface area contributed by atoms with Crippen molar-refractivity contribution in [3.8, 4) is 0 Å². The van der Waals surface area contributed by atoms with Crippen LogP contribution in [-0.2, 0) is 14.2 Å². The van der Waals surface area contributed by atoms with E-state index in [4.69, 9.17) is 14.2 Å². The highest BCUT2D eigenvalue weighted by atomic mass is 127. The molecule has 0 radical (unpaired) electrons. The molecule has 7 heteroatoms. The average Bonchev–Trinajstić information content (AvgIpc) is 2.50. The lowest BCUT2D eigenvalue weighted by Gasteiger charge is -2.22. The van der Waals surface area contributed by atoms with Crippen LogP contribution in [0, 0.1) is 0 Å². The molecule has 1 heterocycles. The van der Waals surface area contributed by atoms with E-state index in [1.54, 1.807) is 7.05 Å². The van der Waals surface area contributed by atoms with Crippen molar-refractivity contribution in [1.82, 2.24) is 10.6 Å². The summed E-state index contributed by atoms with van der Waals surface area (Å²) in [5.74, 6) is 0.816. The van der Waals surface area contributed by atoms with Gasteiger partial charge >= 0.3 is 0 Å². The third-order valence-electron chi connectivity index (χ3n) is 3.10. The first-order valence-electron chi connectivity index (χ1n) is 7.58. The fourth-order valence-electron chi connectivity index (χ4n) is 1.98. The minimum atomic E-state index is 0. The number of guanidine groups is 1. The lowest BCUT2D eigenvalue weighted by molar-refractivity contribution is -0.0320. The lowest BCUT2D eigenvalue weighted by Crippen LogP contribution is -2.39. The maximum absolute atomic E-state index is 5.81. The molecule has 1 aliphatic rings. The largest absolute Gasteiger partial charge is 0.381 e. The zero-order valence-corrected chi connectivity index (χ0v) is 15.6. The fraction of sp³-hybridized carbons (Fsp3) is 0.929. The minimum absolute atomic E-state index is 0. The van der Waals surface area contributed by atoms with E-state index in [9.17, 15) is 0 Å². The summed E-state index contributed by atoms with van der Waals surface area (Å²) >= 11 is 0. The Morgan fingerprint density at radius 2 is 1.90 bits per heavy atom. The van der Waals surface area contributed by atoms with E-state index in [1.165, 1.54) is 0 Å². The molecule has 0 bridgehead atoms. The molecule has 0 amide bonds. The fourth-order valence-corrected chi connectivity index (χ4v) is 1.98. The van der Waals surface area contributed by atoms with Crippen molar-refractivity contribution in [2.24, 2.45) is 4.99 Å². The standard InChI is InChI=1S/C14H29N3O3.HI/c1-3-18-12-8-17-14(15-2)16-7-4-9-20-13-5-10-19-11-6-13;/h13H,3-12H2,1-2H3,(H2,15,16,17);1H. The van der Waals surface area contributed by atoms with Crippen LogP contribution in [0.1, 0.15) is 26.2 Å². The summed E-state index contributed by atoms with van der Waals surface area (Å²) in [6, 6.07) is 0. The predicted molar refractivity (Wildman–Crippen MR) is 95.7 cm³/mol. The molecule has 0 aromatic carbocycles. The number of halogens is 1. The van der Waals surface area contributed by atoms with Crippen molar-refractivity contribution >= 4 is 29.9 Å². The number of hydrogen-bond acceptors (Lipinski definition) is 4. The third-order valence-corrected chi connectivity index (χ3v) is 3.10. The van der Waals surface area contributed by atoms with Gasteiger partial charge in [0, 0.05) is 46.6 Å². The molecule has 0 atom stereocenters. The number of aliphatic imine (C=N–C) groups is 1. The van der Waals surface area contributed by atoms with Gasteiger partial charge in [-0.05, 0) is 26.2 Å².